The Bertz CT molecular complexity index is 945. The van der Waals surface area contributed by atoms with Crippen molar-refractivity contribution in [3.63, 3.8) is 0 Å². The van der Waals surface area contributed by atoms with E-state index in [0.717, 1.165) is 36.3 Å². The molecule has 2 N–H and O–H groups in total. The molecule has 0 bridgehead atoms. The smallest absolute Gasteiger partial charge is 0.245 e. The molecule has 7 heteroatoms. The van der Waals surface area contributed by atoms with Crippen LogP contribution < -0.4 is 20.1 Å². The first-order valence-corrected chi connectivity index (χ1v) is 10.3. The molecule has 3 heterocycles. The number of hydrogen-bond acceptors (Lipinski definition) is 5. The predicted molar refractivity (Wildman–Crippen MR) is 117 cm³/mol. The average molecular weight is 431 g/mol. The van der Waals surface area contributed by atoms with Crippen LogP contribution in [0.1, 0.15) is 30.9 Å². The van der Waals surface area contributed by atoms with Crippen molar-refractivity contribution in [2.24, 2.45) is 5.73 Å². The molecule has 1 spiro atoms. The molecule has 5 rings (SSSR count). The number of rotatable bonds is 5. The van der Waals surface area contributed by atoms with Crippen LogP contribution in [-0.2, 0) is 14.9 Å². The summed E-state index contributed by atoms with van der Waals surface area (Å²) in [4.78, 5) is 15.7. The van der Waals surface area contributed by atoms with E-state index in [1.807, 2.05) is 54.3 Å². The van der Waals surface area contributed by atoms with Gasteiger partial charge in [-0.2, -0.15) is 0 Å². The first-order chi connectivity index (χ1) is 14.1. The number of carbonyl (C=O) groups excluding carboxylic acids is 1. The number of para-hydroxylation sites is 1. The van der Waals surface area contributed by atoms with Crippen molar-refractivity contribution in [2.45, 2.75) is 37.3 Å². The molecule has 2 aromatic rings. The van der Waals surface area contributed by atoms with Gasteiger partial charge in [-0.25, -0.2) is 0 Å². The lowest BCUT2D eigenvalue weighted by Crippen LogP contribution is -2.44. The lowest BCUT2D eigenvalue weighted by Gasteiger charge is -2.24. The molecule has 6 nitrogen and oxygen atoms in total. The van der Waals surface area contributed by atoms with Crippen LogP contribution in [-0.4, -0.2) is 44.4 Å². The third-order valence-corrected chi connectivity index (χ3v) is 6.05. The van der Waals surface area contributed by atoms with Crippen LogP contribution >= 0.6 is 12.4 Å². The Hall–Kier alpha value is -2.28. The molecule has 1 amide bonds. The average Bonchev–Trinajstić information content (AvgIpc) is 3.42. The summed E-state index contributed by atoms with van der Waals surface area (Å²) in [7, 11) is 0. The molecule has 0 saturated carbocycles. The van der Waals surface area contributed by atoms with Crippen molar-refractivity contribution >= 4 is 24.0 Å². The summed E-state index contributed by atoms with van der Waals surface area (Å²) in [6.07, 6.45) is 2.14. The monoisotopic (exact) mass is 430 g/mol. The van der Waals surface area contributed by atoms with Gasteiger partial charge >= 0.3 is 0 Å². The third-order valence-electron chi connectivity index (χ3n) is 6.05. The predicted octanol–water partition coefficient (Wildman–Crippen LogP) is 3.04. The summed E-state index contributed by atoms with van der Waals surface area (Å²) >= 11 is 0. The van der Waals surface area contributed by atoms with Gasteiger partial charge in [-0.3, -0.25) is 4.79 Å². The Morgan fingerprint density at radius 1 is 1.27 bits per heavy atom. The van der Waals surface area contributed by atoms with E-state index < -0.39 is 5.41 Å². The first-order valence-electron chi connectivity index (χ1n) is 10.3. The molecule has 2 unspecified atom stereocenters. The highest BCUT2D eigenvalue weighted by atomic mass is 35.5. The lowest BCUT2D eigenvalue weighted by atomic mass is 9.77. The zero-order chi connectivity index (χ0) is 20.0. The number of benzene rings is 2. The van der Waals surface area contributed by atoms with Crippen molar-refractivity contribution in [2.75, 3.05) is 31.3 Å². The van der Waals surface area contributed by atoms with Crippen molar-refractivity contribution in [1.82, 2.24) is 0 Å². The maximum absolute atomic E-state index is 13.8. The molecule has 0 radical (unpaired) electrons. The Morgan fingerprint density at radius 2 is 2.10 bits per heavy atom. The van der Waals surface area contributed by atoms with Gasteiger partial charge in [-0.1, -0.05) is 24.3 Å². The number of nitrogens with zero attached hydrogens (tertiary/aromatic N) is 1. The van der Waals surface area contributed by atoms with Crippen molar-refractivity contribution < 1.29 is 19.0 Å². The third kappa shape index (κ3) is 3.23. The number of carbonyl (C=O) groups is 1. The van der Waals surface area contributed by atoms with Gasteiger partial charge in [0.1, 0.15) is 30.1 Å². The van der Waals surface area contributed by atoms with E-state index in [9.17, 15) is 4.79 Å². The number of halogens is 1. The van der Waals surface area contributed by atoms with Crippen LogP contribution in [0.5, 0.6) is 11.5 Å². The van der Waals surface area contributed by atoms with E-state index >= 15 is 0 Å². The summed E-state index contributed by atoms with van der Waals surface area (Å²) in [6.45, 7) is 3.99. The number of ether oxygens (including phenoxy) is 3. The molecule has 30 heavy (non-hydrogen) atoms. The fraction of sp³-hybridized carbons (Fsp3) is 0.435. The van der Waals surface area contributed by atoms with E-state index in [1.54, 1.807) is 0 Å². The molecule has 3 aliphatic heterocycles. The van der Waals surface area contributed by atoms with Gasteiger partial charge in [0, 0.05) is 30.0 Å². The number of amides is 1. The van der Waals surface area contributed by atoms with Gasteiger partial charge in [-0.05, 0) is 37.5 Å². The van der Waals surface area contributed by atoms with Crippen LogP contribution in [0.15, 0.2) is 42.5 Å². The highest BCUT2D eigenvalue weighted by Crippen LogP contribution is 2.52. The lowest BCUT2D eigenvalue weighted by molar-refractivity contribution is -0.122. The fourth-order valence-electron chi connectivity index (χ4n) is 4.65. The number of nitrogens with two attached hydrogens (primary N) is 1. The topological polar surface area (TPSA) is 74.0 Å². The van der Waals surface area contributed by atoms with Gasteiger partial charge in [-0.15, -0.1) is 12.4 Å². The number of fused-ring (bicyclic) bond motifs is 4. The van der Waals surface area contributed by atoms with Gasteiger partial charge in [0.25, 0.3) is 0 Å². The van der Waals surface area contributed by atoms with E-state index in [4.69, 9.17) is 19.9 Å². The molecule has 0 aromatic heterocycles. The first kappa shape index (κ1) is 21.0. The number of anilines is 1. The molecule has 3 atom stereocenters. The normalized spacial score (nSPS) is 24.9. The van der Waals surface area contributed by atoms with E-state index in [1.165, 1.54) is 0 Å². The summed E-state index contributed by atoms with van der Waals surface area (Å²) in [6, 6.07) is 13.7. The van der Waals surface area contributed by atoms with Crippen LogP contribution in [0.3, 0.4) is 0 Å². The molecule has 0 aliphatic carbocycles. The minimum atomic E-state index is -0.801. The zero-order valence-electron chi connectivity index (χ0n) is 17.0. The highest BCUT2D eigenvalue weighted by molar-refractivity contribution is 6.11. The van der Waals surface area contributed by atoms with Gasteiger partial charge in [0.15, 0.2) is 0 Å². The Kier molecular flexibility index (Phi) is 5.66. The van der Waals surface area contributed by atoms with Crippen molar-refractivity contribution in [3.05, 3.63) is 53.6 Å². The highest BCUT2D eigenvalue weighted by Gasteiger charge is 2.57. The second-order valence-electron chi connectivity index (χ2n) is 8.21. The van der Waals surface area contributed by atoms with E-state index in [0.29, 0.717) is 31.3 Å². The van der Waals surface area contributed by atoms with Crippen LogP contribution in [0.25, 0.3) is 0 Å². The maximum atomic E-state index is 13.8. The second-order valence-corrected chi connectivity index (χ2v) is 8.21. The Labute approximate surface area is 182 Å². The molecule has 1 saturated heterocycles. The van der Waals surface area contributed by atoms with E-state index in [2.05, 4.69) is 0 Å². The van der Waals surface area contributed by atoms with Gasteiger partial charge in [0.05, 0.1) is 12.6 Å². The van der Waals surface area contributed by atoms with Crippen molar-refractivity contribution in [1.29, 1.82) is 0 Å². The quantitative estimate of drug-likeness (QED) is 0.789. The van der Waals surface area contributed by atoms with Crippen LogP contribution in [0.2, 0.25) is 0 Å². The van der Waals surface area contributed by atoms with Crippen LogP contribution in [0.4, 0.5) is 5.69 Å². The standard InChI is InChI=1S/C23H26N2O4.ClH/c1-15(24)13-28-16-8-9-19-21(11-16)29-14-23(19)18-6-2-3-7-20(18)25(22(23)26)12-17-5-4-10-27-17;/h2-3,6-9,11,15,17H,4-5,10,12-14,24H2,1H3;1H/t15?,17-,23?;/m1./s1. The molecule has 160 valence electrons. The largest absolute Gasteiger partial charge is 0.492 e. The molecule has 1 fully saturated rings. The summed E-state index contributed by atoms with van der Waals surface area (Å²) in [5, 5.41) is 0. The second kappa shape index (κ2) is 8.10. The summed E-state index contributed by atoms with van der Waals surface area (Å²) < 4.78 is 17.6. The molecule has 3 aliphatic rings. The summed E-state index contributed by atoms with van der Waals surface area (Å²) in [5.41, 5.74) is 7.85. The molecule has 2 aromatic carbocycles. The molecular weight excluding hydrogens is 404 g/mol. The van der Waals surface area contributed by atoms with Crippen molar-refractivity contribution in [3.8, 4) is 11.5 Å². The molecular formula is C23H27ClN2O4. The SMILES string of the molecule is CC(N)COc1ccc2c(c1)OCC21C(=O)N(C[C@H]2CCCO2)c2ccccc21.Cl. The van der Waals surface area contributed by atoms with Gasteiger partial charge in [0.2, 0.25) is 5.91 Å². The Morgan fingerprint density at radius 3 is 2.87 bits per heavy atom. The fourth-order valence-corrected chi connectivity index (χ4v) is 4.65. The zero-order valence-corrected chi connectivity index (χ0v) is 17.8. The Balaban J connectivity index is 0.00000218. The number of hydrogen-bond donors (Lipinski definition) is 1. The summed E-state index contributed by atoms with van der Waals surface area (Å²) in [5.74, 6) is 1.47. The van der Waals surface area contributed by atoms with Crippen LogP contribution in [0, 0.1) is 0 Å². The maximum Gasteiger partial charge on any atom is 0.245 e. The van der Waals surface area contributed by atoms with Gasteiger partial charge < -0.3 is 24.8 Å². The minimum Gasteiger partial charge on any atom is -0.492 e. The van der Waals surface area contributed by atoms with E-state index in [-0.39, 0.29) is 30.5 Å². The minimum absolute atomic E-state index is 0.